The molecule has 4 rings (SSSR count). The van der Waals surface area contributed by atoms with Crippen molar-refractivity contribution in [2.75, 3.05) is 0 Å². The molecule has 166 valence electrons. The lowest BCUT2D eigenvalue weighted by atomic mass is 9.68. The maximum absolute atomic E-state index is 12.5. The number of hydrogen-bond donors (Lipinski definition) is 0. The number of carboxylic acids is 1. The molecular weight excluding hydrogens is 446 g/mol. The molecule has 5 nitrogen and oxygen atoms in total. The minimum absolute atomic E-state index is 0.112. The van der Waals surface area contributed by atoms with Crippen molar-refractivity contribution in [3.63, 3.8) is 0 Å². The fourth-order valence-corrected chi connectivity index (χ4v) is 6.41. The third-order valence-corrected chi connectivity index (χ3v) is 8.32. The fraction of sp³-hybridized carbons (Fsp3) is 0.280. The van der Waals surface area contributed by atoms with Gasteiger partial charge in [0.15, 0.2) is 0 Å². The first-order valence-electron chi connectivity index (χ1n) is 10.3. The van der Waals surface area contributed by atoms with Crippen molar-refractivity contribution >= 4 is 47.5 Å². The van der Waals surface area contributed by atoms with E-state index in [0.717, 1.165) is 27.7 Å². The average molecular weight is 470 g/mol. The van der Waals surface area contributed by atoms with Crippen molar-refractivity contribution in [3.8, 4) is 0 Å². The van der Waals surface area contributed by atoms with Gasteiger partial charge in [-0.1, -0.05) is 42.3 Å². The zero-order valence-corrected chi connectivity index (χ0v) is 20.2. The van der Waals surface area contributed by atoms with E-state index in [9.17, 15) is 18.3 Å². The number of rotatable bonds is 3. The molecule has 3 aromatic rings. The minimum atomic E-state index is -3.88. The summed E-state index contributed by atoms with van der Waals surface area (Å²) >= 11 is 0. The number of fused-ring (bicyclic) bond motifs is 2. The Morgan fingerprint density at radius 3 is 2.25 bits per heavy atom. The van der Waals surface area contributed by atoms with E-state index in [1.54, 1.807) is 13.0 Å². The van der Waals surface area contributed by atoms with Crippen LogP contribution in [0.15, 0.2) is 58.5 Å². The van der Waals surface area contributed by atoms with E-state index in [1.807, 2.05) is 68.8 Å². The number of aromatic carboxylic acids is 1. The van der Waals surface area contributed by atoms with E-state index in [2.05, 4.69) is 0 Å². The van der Waals surface area contributed by atoms with Crippen molar-refractivity contribution in [1.82, 2.24) is 0 Å². The Morgan fingerprint density at radius 2 is 1.66 bits per heavy atom. The maximum atomic E-state index is 12.5. The third-order valence-electron chi connectivity index (χ3n) is 6.83. The van der Waals surface area contributed by atoms with Crippen molar-refractivity contribution in [1.29, 1.82) is 0 Å². The lowest BCUT2D eigenvalue weighted by Gasteiger charge is -2.36. The molecule has 0 bridgehead atoms. The first kappa shape index (κ1) is 22.5. The van der Waals surface area contributed by atoms with E-state index in [1.165, 1.54) is 0 Å². The number of hydrogen-bond acceptors (Lipinski definition) is 4. The lowest BCUT2D eigenvalue weighted by molar-refractivity contribution is -0.617. The summed E-state index contributed by atoms with van der Waals surface area (Å²) in [4.78, 5) is 12.6. The summed E-state index contributed by atoms with van der Waals surface area (Å²) in [6.45, 7) is 7.51. The zero-order valence-electron chi connectivity index (χ0n) is 18.6. The number of halogens is 1. The fourth-order valence-electron chi connectivity index (χ4n) is 5.08. The highest BCUT2D eigenvalue weighted by atomic mass is 35.7. The van der Waals surface area contributed by atoms with Gasteiger partial charge >= 0.3 is 0 Å². The molecule has 1 aliphatic rings. The van der Waals surface area contributed by atoms with Gasteiger partial charge in [0.25, 0.3) is 9.05 Å². The van der Waals surface area contributed by atoms with Gasteiger partial charge in [-0.15, -0.1) is 0 Å². The van der Waals surface area contributed by atoms with Crippen molar-refractivity contribution in [2.45, 2.75) is 39.5 Å². The van der Waals surface area contributed by atoms with Crippen LogP contribution in [0.25, 0.3) is 21.8 Å². The van der Waals surface area contributed by atoms with E-state index < -0.39 is 20.4 Å². The molecule has 0 saturated heterocycles. The second-order valence-electron chi connectivity index (χ2n) is 8.81. The second kappa shape index (κ2) is 7.42. The summed E-state index contributed by atoms with van der Waals surface area (Å²) in [6.07, 6.45) is 2.00. The molecule has 1 heterocycles. The van der Waals surface area contributed by atoms with E-state index in [-0.39, 0.29) is 10.5 Å². The molecule has 1 atom stereocenters. The number of carbonyl (C=O) groups is 1. The van der Waals surface area contributed by atoms with E-state index >= 15 is 0 Å². The van der Waals surface area contributed by atoms with Gasteiger partial charge < -0.3 is 9.90 Å². The number of carbonyl (C=O) groups excluding carboxylic acids is 1. The molecule has 0 N–H and O–H groups in total. The summed E-state index contributed by atoms with van der Waals surface area (Å²) in [5, 5.41) is 13.8. The van der Waals surface area contributed by atoms with Crippen LogP contribution in [0.1, 0.15) is 48.7 Å². The molecule has 2 aromatic carbocycles. The van der Waals surface area contributed by atoms with Gasteiger partial charge in [-0.3, -0.25) is 0 Å². The first-order chi connectivity index (χ1) is 14.9. The highest BCUT2D eigenvalue weighted by molar-refractivity contribution is 8.17. The Balaban J connectivity index is 2.16. The zero-order chi connectivity index (χ0) is 23.6. The van der Waals surface area contributed by atoms with Crippen LogP contribution in [-0.4, -0.2) is 14.4 Å². The van der Waals surface area contributed by atoms with Crippen molar-refractivity contribution in [2.24, 2.45) is 7.05 Å². The minimum Gasteiger partial charge on any atom is -0.545 e. The summed E-state index contributed by atoms with van der Waals surface area (Å²) in [5.41, 5.74) is 4.21. The summed E-state index contributed by atoms with van der Waals surface area (Å²) < 4.78 is 26.1. The largest absolute Gasteiger partial charge is 0.545 e. The molecule has 1 aromatic heterocycles. The van der Waals surface area contributed by atoms with Crippen LogP contribution in [0.2, 0.25) is 0 Å². The Kier molecular flexibility index (Phi) is 5.22. The molecule has 32 heavy (non-hydrogen) atoms. The van der Waals surface area contributed by atoms with Crippen LogP contribution < -0.4 is 9.67 Å². The number of allylic oxidation sites excluding steroid dienone is 3. The second-order valence-corrected chi connectivity index (χ2v) is 11.3. The molecular formula is C25H24ClNO4S. The summed E-state index contributed by atoms with van der Waals surface area (Å²) in [7, 11) is 3.70. The highest BCUT2D eigenvalue weighted by Crippen LogP contribution is 2.46. The Hall–Kier alpha value is -2.70. The predicted octanol–water partition coefficient (Wildman–Crippen LogP) is 3.94. The van der Waals surface area contributed by atoms with E-state index in [4.69, 9.17) is 10.7 Å². The van der Waals surface area contributed by atoms with Gasteiger partial charge in [0.05, 0.1) is 21.6 Å². The number of aromatic nitrogens is 1. The van der Waals surface area contributed by atoms with Gasteiger partial charge in [0.1, 0.15) is 7.05 Å². The third kappa shape index (κ3) is 3.24. The lowest BCUT2D eigenvalue weighted by Crippen LogP contribution is -2.35. The molecule has 1 aliphatic carbocycles. The molecule has 7 heteroatoms. The molecule has 0 radical (unpaired) electrons. The Bertz CT molecular complexity index is 1500. The van der Waals surface area contributed by atoms with Crippen LogP contribution >= 0.6 is 10.7 Å². The maximum Gasteiger partial charge on any atom is 0.261 e. The number of carboxylic acid groups (broad SMARTS) is 1. The number of benzene rings is 2. The molecule has 1 unspecified atom stereocenters. The van der Waals surface area contributed by atoms with Crippen LogP contribution in [-0.2, 0) is 21.5 Å². The van der Waals surface area contributed by atoms with Gasteiger partial charge in [-0.05, 0) is 44.4 Å². The topological polar surface area (TPSA) is 78.1 Å². The van der Waals surface area contributed by atoms with Gasteiger partial charge in [0, 0.05) is 33.8 Å². The number of aryl methyl sites for hydroxylation is 2. The van der Waals surface area contributed by atoms with Gasteiger partial charge in [-0.25, -0.2) is 8.42 Å². The monoisotopic (exact) mass is 469 g/mol. The van der Waals surface area contributed by atoms with Crippen LogP contribution in [0.3, 0.4) is 0 Å². The SMILES string of the molecule is CC1=CC(S(=O)(=O)Cl)=C(C)CC1(C)c1cccc2c1c(C(=O)[O-])c1c(C)cccc1[n+]2C. The molecule has 0 spiro atoms. The molecule has 0 fully saturated rings. The smallest absolute Gasteiger partial charge is 0.261 e. The Morgan fingerprint density at radius 1 is 1.06 bits per heavy atom. The highest BCUT2D eigenvalue weighted by Gasteiger charge is 2.38. The summed E-state index contributed by atoms with van der Waals surface area (Å²) in [5.74, 6) is -1.24. The quantitative estimate of drug-likeness (QED) is 0.330. The first-order valence-corrected chi connectivity index (χ1v) is 12.6. The number of nitrogens with zero attached hydrogens (tertiary/aromatic N) is 1. The van der Waals surface area contributed by atoms with Crippen LogP contribution in [0, 0.1) is 6.92 Å². The normalized spacial score (nSPS) is 19.5. The molecule has 0 aliphatic heterocycles. The standard InChI is InChI=1S/C25H24ClNO4S/c1-14-8-6-10-18-21(14)23(24(28)29)22-17(9-7-11-19(22)27(18)5)25(4)13-15(2)20(12-16(25)3)32(26,30)31/h6-12H,13H2,1-5H3. The van der Waals surface area contributed by atoms with E-state index in [0.29, 0.717) is 22.8 Å². The van der Waals surface area contributed by atoms with Crippen molar-refractivity contribution in [3.05, 3.63) is 75.2 Å². The molecule has 0 saturated carbocycles. The van der Waals surface area contributed by atoms with Crippen LogP contribution in [0.4, 0.5) is 0 Å². The predicted molar refractivity (Wildman–Crippen MR) is 125 cm³/mol. The van der Waals surface area contributed by atoms with Crippen LogP contribution in [0.5, 0.6) is 0 Å². The van der Waals surface area contributed by atoms with Crippen molar-refractivity contribution < 1.29 is 22.9 Å². The number of pyridine rings is 1. The van der Waals surface area contributed by atoms with Gasteiger partial charge in [0.2, 0.25) is 11.0 Å². The van der Waals surface area contributed by atoms with Gasteiger partial charge in [-0.2, -0.15) is 4.57 Å². The Labute approximate surface area is 192 Å². The molecule has 0 amide bonds. The average Bonchev–Trinajstić information content (AvgIpc) is 2.70. The summed E-state index contributed by atoms with van der Waals surface area (Å²) in [6, 6.07) is 11.4.